The Kier molecular flexibility index (Phi) is 6.08. The molecule has 2 rings (SSSR count). The highest BCUT2D eigenvalue weighted by atomic mass is 35.5. The molecule has 26 heavy (non-hydrogen) atoms. The van der Waals surface area contributed by atoms with Crippen LogP contribution in [0.2, 0.25) is 0 Å². The van der Waals surface area contributed by atoms with Gasteiger partial charge in [0.25, 0.3) is 5.91 Å². The molecule has 0 aromatic carbocycles. The minimum Gasteiger partial charge on any atom is -0.507 e. The van der Waals surface area contributed by atoms with Crippen molar-refractivity contribution in [1.82, 2.24) is 10.3 Å². The summed E-state index contributed by atoms with van der Waals surface area (Å²) in [5.41, 5.74) is 1.02. The molecule has 7 heteroatoms. The summed E-state index contributed by atoms with van der Waals surface area (Å²) in [6.07, 6.45) is 3.83. The molecule has 0 radical (unpaired) electrons. The van der Waals surface area contributed by atoms with Crippen LogP contribution in [-0.4, -0.2) is 27.4 Å². The summed E-state index contributed by atoms with van der Waals surface area (Å²) in [6, 6.07) is 3.14. The number of aliphatic hydroxyl groups excluding tert-OH is 1. The Hall–Kier alpha value is -2.34. The SMILES string of the molecule is CC1CC=C(O)C(Cl)=C1CC(=O)Nc1ccnc(C(=O)NC(C)(C)C)c1. The minimum atomic E-state index is -0.381. The van der Waals surface area contributed by atoms with Gasteiger partial charge in [0.15, 0.2) is 0 Å². The third kappa shape index (κ3) is 5.33. The van der Waals surface area contributed by atoms with Crippen LogP contribution in [0.1, 0.15) is 51.0 Å². The molecule has 1 atom stereocenters. The van der Waals surface area contributed by atoms with E-state index in [2.05, 4.69) is 15.6 Å². The van der Waals surface area contributed by atoms with Gasteiger partial charge in [-0.05, 0) is 56.9 Å². The maximum Gasteiger partial charge on any atom is 0.270 e. The molecule has 1 heterocycles. The third-order valence-corrected chi connectivity index (χ3v) is 4.32. The van der Waals surface area contributed by atoms with Crippen molar-refractivity contribution >= 4 is 29.1 Å². The van der Waals surface area contributed by atoms with E-state index in [-0.39, 0.29) is 46.2 Å². The summed E-state index contributed by atoms with van der Waals surface area (Å²) in [4.78, 5) is 28.6. The van der Waals surface area contributed by atoms with Crippen molar-refractivity contribution in [3.63, 3.8) is 0 Å². The van der Waals surface area contributed by atoms with Gasteiger partial charge < -0.3 is 15.7 Å². The Morgan fingerprint density at radius 3 is 2.73 bits per heavy atom. The fourth-order valence-electron chi connectivity index (χ4n) is 2.57. The van der Waals surface area contributed by atoms with Crippen LogP contribution in [0.3, 0.4) is 0 Å². The van der Waals surface area contributed by atoms with Gasteiger partial charge in [0.05, 0.1) is 11.5 Å². The number of aliphatic hydroxyl groups is 1. The lowest BCUT2D eigenvalue weighted by atomic mass is 9.90. The zero-order valence-corrected chi connectivity index (χ0v) is 16.1. The summed E-state index contributed by atoms with van der Waals surface area (Å²) >= 11 is 6.12. The van der Waals surface area contributed by atoms with Gasteiger partial charge >= 0.3 is 0 Å². The highest BCUT2D eigenvalue weighted by Gasteiger charge is 2.22. The predicted molar refractivity (Wildman–Crippen MR) is 102 cm³/mol. The molecule has 0 fully saturated rings. The smallest absolute Gasteiger partial charge is 0.270 e. The van der Waals surface area contributed by atoms with E-state index in [0.29, 0.717) is 17.7 Å². The number of nitrogens with zero attached hydrogens (tertiary/aromatic N) is 1. The lowest BCUT2D eigenvalue weighted by Crippen LogP contribution is -2.40. The van der Waals surface area contributed by atoms with Crippen molar-refractivity contribution in [2.45, 2.75) is 46.1 Å². The molecule has 2 amide bonds. The molecule has 6 nitrogen and oxygen atoms in total. The van der Waals surface area contributed by atoms with Gasteiger partial charge in [0, 0.05) is 17.4 Å². The van der Waals surface area contributed by atoms with E-state index in [1.54, 1.807) is 12.1 Å². The number of aromatic nitrogens is 1. The van der Waals surface area contributed by atoms with Crippen LogP contribution in [0.25, 0.3) is 0 Å². The molecule has 140 valence electrons. The van der Waals surface area contributed by atoms with Crippen LogP contribution in [0.4, 0.5) is 5.69 Å². The summed E-state index contributed by atoms with van der Waals surface area (Å²) in [6.45, 7) is 7.59. The summed E-state index contributed by atoms with van der Waals surface area (Å²) in [7, 11) is 0. The molecule has 1 aliphatic rings. The van der Waals surface area contributed by atoms with Gasteiger partial charge in [-0.15, -0.1) is 0 Å². The lowest BCUT2D eigenvalue weighted by molar-refractivity contribution is -0.115. The van der Waals surface area contributed by atoms with E-state index in [4.69, 9.17) is 11.6 Å². The molecular formula is C19H24ClN3O3. The van der Waals surface area contributed by atoms with E-state index >= 15 is 0 Å². The van der Waals surface area contributed by atoms with Crippen LogP contribution in [-0.2, 0) is 4.79 Å². The third-order valence-electron chi connectivity index (χ3n) is 3.88. The predicted octanol–water partition coefficient (Wildman–Crippen LogP) is 3.91. The number of carbonyl (C=O) groups is 2. The van der Waals surface area contributed by atoms with Crippen LogP contribution in [0.5, 0.6) is 0 Å². The molecule has 0 bridgehead atoms. The molecule has 0 saturated heterocycles. The van der Waals surface area contributed by atoms with Gasteiger partial charge in [-0.3, -0.25) is 14.6 Å². The van der Waals surface area contributed by atoms with E-state index in [1.807, 2.05) is 27.7 Å². The number of pyridine rings is 1. The molecule has 0 spiro atoms. The molecule has 1 aliphatic carbocycles. The van der Waals surface area contributed by atoms with Gasteiger partial charge in [-0.25, -0.2) is 0 Å². The number of anilines is 1. The average molecular weight is 378 g/mol. The first kappa shape index (κ1) is 20.0. The molecule has 0 aliphatic heterocycles. The Bertz CT molecular complexity index is 778. The summed E-state index contributed by atoms with van der Waals surface area (Å²) < 4.78 is 0. The van der Waals surface area contributed by atoms with Crippen molar-refractivity contribution < 1.29 is 14.7 Å². The standard InChI is InChI=1S/C19H24ClN3O3/c1-11-5-6-15(24)17(20)13(11)10-16(25)22-12-7-8-21-14(9-12)18(26)23-19(2,3)4/h6-9,11,24H,5,10H2,1-4H3,(H,23,26)(H,21,22,25). The van der Waals surface area contributed by atoms with Crippen LogP contribution in [0, 0.1) is 5.92 Å². The quantitative estimate of drug-likeness (QED) is 0.741. The molecule has 1 aromatic heterocycles. The second-order valence-electron chi connectivity index (χ2n) is 7.42. The Morgan fingerprint density at radius 2 is 2.08 bits per heavy atom. The zero-order valence-electron chi connectivity index (χ0n) is 15.4. The Morgan fingerprint density at radius 1 is 1.38 bits per heavy atom. The molecular weight excluding hydrogens is 354 g/mol. The van der Waals surface area contributed by atoms with E-state index in [1.165, 1.54) is 12.3 Å². The minimum absolute atomic E-state index is 0.0117. The molecule has 0 saturated carbocycles. The number of hydrogen-bond donors (Lipinski definition) is 3. The highest BCUT2D eigenvalue weighted by molar-refractivity contribution is 6.32. The van der Waals surface area contributed by atoms with Crippen molar-refractivity contribution in [1.29, 1.82) is 0 Å². The van der Waals surface area contributed by atoms with Crippen LogP contribution < -0.4 is 10.6 Å². The Balaban J connectivity index is 2.08. The van der Waals surface area contributed by atoms with E-state index in [0.717, 1.165) is 0 Å². The zero-order chi connectivity index (χ0) is 19.5. The normalized spacial score (nSPS) is 17.6. The summed E-state index contributed by atoms with van der Waals surface area (Å²) in [5.74, 6) is -0.490. The van der Waals surface area contributed by atoms with Crippen molar-refractivity contribution in [2.75, 3.05) is 5.32 Å². The van der Waals surface area contributed by atoms with Gasteiger partial charge in [-0.1, -0.05) is 18.5 Å². The topological polar surface area (TPSA) is 91.3 Å². The van der Waals surface area contributed by atoms with Crippen molar-refractivity contribution in [3.8, 4) is 0 Å². The molecule has 1 aromatic rings. The van der Waals surface area contributed by atoms with E-state index < -0.39 is 0 Å². The monoisotopic (exact) mass is 377 g/mol. The van der Waals surface area contributed by atoms with Crippen LogP contribution >= 0.6 is 11.6 Å². The molecule has 3 N–H and O–H groups in total. The van der Waals surface area contributed by atoms with Crippen molar-refractivity contribution in [3.05, 3.63) is 46.5 Å². The van der Waals surface area contributed by atoms with E-state index in [9.17, 15) is 14.7 Å². The number of hydrogen-bond acceptors (Lipinski definition) is 4. The Labute approximate surface area is 158 Å². The first-order valence-corrected chi connectivity index (χ1v) is 8.81. The average Bonchev–Trinajstić information content (AvgIpc) is 2.54. The number of carbonyl (C=O) groups excluding carboxylic acids is 2. The number of rotatable bonds is 4. The first-order chi connectivity index (χ1) is 12.1. The lowest BCUT2D eigenvalue weighted by Gasteiger charge is -2.21. The maximum absolute atomic E-state index is 12.4. The fourth-order valence-corrected chi connectivity index (χ4v) is 2.90. The summed E-state index contributed by atoms with van der Waals surface area (Å²) in [5, 5.41) is 15.6. The van der Waals surface area contributed by atoms with Gasteiger partial charge in [0.2, 0.25) is 5.91 Å². The maximum atomic E-state index is 12.4. The largest absolute Gasteiger partial charge is 0.507 e. The number of halogens is 1. The highest BCUT2D eigenvalue weighted by Crippen LogP contribution is 2.33. The number of allylic oxidation sites excluding steroid dienone is 2. The number of amides is 2. The number of nitrogens with one attached hydrogen (secondary N) is 2. The fraction of sp³-hybridized carbons (Fsp3) is 0.421. The second kappa shape index (κ2) is 7.91. The van der Waals surface area contributed by atoms with Crippen LogP contribution in [0.15, 0.2) is 40.8 Å². The second-order valence-corrected chi connectivity index (χ2v) is 7.80. The van der Waals surface area contributed by atoms with Gasteiger partial charge in [-0.2, -0.15) is 0 Å². The first-order valence-electron chi connectivity index (χ1n) is 8.43. The van der Waals surface area contributed by atoms with Gasteiger partial charge in [0.1, 0.15) is 11.5 Å². The molecule has 1 unspecified atom stereocenters. The van der Waals surface area contributed by atoms with Crippen molar-refractivity contribution in [2.24, 2.45) is 5.92 Å².